The second-order valence-corrected chi connectivity index (χ2v) is 8.51. The van der Waals surface area contributed by atoms with Crippen LogP contribution in [0.1, 0.15) is 36.9 Å². The van der Waals surface area contributed by atoms with Crippen LogP contribution in [0.4, 0.5) is 0 Å². The van der Waals surface area contributed by atoms with E-state index in [4.69, 9.17) is 16.3 Å². The molecule has 1 fully saturated rings. The maximum Gasteiger partial charge on any atom is 0.295 e. The van der Waals surface area contributed by atoms with Crippen LogP contribution in [0.5, 0.6) is 5.75 Å². The number of hydrogen-bond acceptors (Lipinski definition) is 5. The zero-order valence-electron chi connectivity index (χ0n) is 18.7. The van der Waals surface area contributed by atoms with Crippen molar-refractivity contribution in [2.24, 2.45) is 0 Å². The van der Waals surface area contributed by atoms with Crippen molar-refractivity contribution >= 4 is 29.1 Å². The Morgan fingerprint density at radius 2 is 1.88 bits per heavy atom. The van der Waals surface area contributed by atoms with E-state index in [1.807, 2.05) is 25.9 Å². The van der Waals surface area contributed by atoms with Crippen LogP contribution in [0.2, 0.25) is 5.02 Å². The number of nitrogens with zero attached hydrogens (tertiary/aromatic N) is 2. The van der Waals surface area contributed by atoms with Gasteiger partial charge in [-0.3, -0.25) is 9.59 Å². The maximum absolute atomic E-state index is 13.1. The van der Waals surface area contributed by atoms with Crippen LogP contribution in [0.15, 0.2) is 54.1 Å². The fraction of sp³-hybridized carbons (Fsp3) is 0.360. The Kier molecular flexibility index (Phi) is 7.94. The van der Waals surface area contributed by atoms with Crippen molar-refractivity contribution in [3.8, 4) is 5.75 Å². The molecule has 0 saturated carbocycles. The molecule has 7 heteroatoms. The predicted molar refractivity (Wildman–Crippen MR) is 126 cm³/mol. The largest absolute Gasteiger partial charge is 0.507 e. The first kappa shape index (κ1) is 23.8. The van der Waals surface area contributed by atoms with Gasteiger partial charge >= 0.3 is 0 Å². The number of benzene rings is 2. The molecule has 0 spiro atoms. The molecule has 1 N–H and O–H groups in total. The average molecular weight is 457 g/mol. The number of Topliss-reactive ketones (excluding diaryl/α,β-unsaturated/α-hetero) is 1. The fourth-order valence-electron chi connectivity index (χ4n) is 3.77. The minimum atomic E-state index is -0.688. The van der Waals surface area contributed by atoms with Crippen LogP contribution >= 0.6 is 11.6 Å². The summed E-state index contributed by atoms with van der Waals surface area (Å²) >= 11 is 6.06. The van der Waals surface area contributed by atoms with Crippen LogP contribution in [0.3, 0.4) is 0 Å². The topological polar surface area (TPSA) is 70.1 Å². The Balaban J connectivity index is 2.05. The van der Waals surface area contributed by atoms with E-state index in [9.17, 15) is 14.7 Å². The van der Waals surface area contributed by atoms with Gasteiger partial charge in [0.2, 0.25) is 0 Å². The second kappa shape index (κ2) is 10.7. The van der Waals surface area contributed by atoms with Crippen molar-refractivity contribution in [3.63, 3.8) is 0 Å². The quantitative estimate of drug-likeness (QED) is 0.341. The summed E-state index contributed by atoms with van der Waals surface area (Å²) in [6.07, 6.45) is 1.55. The highest BCUT2D eigenvalue weighted by atomic mass is 35.5. The predicted octanol–water partition coefficient (Wildman–Crippen LogP) is 4.50. The first-order valence-corrected chi connectivity index (χ1v) is 11.1. The Morgan fingerprint density at radius 1 is 1.16 bits per heavy atom. The molecular formula is C25H29ClN2O4. The lowest BCUT2D eigenvalue weighted by atomic mass is 9.95. The Labute approximate surface area is 194 Å². The molecule has 2 aromatic rings. The number of ether oxygens (including phenoxy) is 1. The number of aliphatic hydroxyl groups excluding tert-OH is 1. The molecule has 0 aliphatic carbocycles. The summed E-state index contributed by atoms with van der Waals surface area (Å²) in [6, 6.07) is 13.3. The highest BCUT2D eigenvalue weighted by Gasteiger charge is 2.45. The summed E-state index contributed by atoms with van der Waals surface area (Å²) in [5.41, 5.74) is 1.23. The van der Waals surface area contributed by atoms with Gasteiger partial charge in [0.25, 0.3) is 11.7 Å². The van der Waals surface area contributed by atoms with Crippen LogP contribution in [0, 0.1) is 0 Å². The molecule has 32 heavy (non-hydrogen) atoms. The van der Waals surface area contributed by atoms with E-state index in [0.29, 0.717) is 35.9 Å². The molecule has 1 amide bonds. The first-order chi connectivity index (χ1) is 15.3. The van der Waals surface area contributed by atoms with Crippen molar-refractivity contribution in [1.29, 1.82) is 0 Å². The Bertz CT molecular complexity index is 1000. The number of hydrogen-bond donors (Lipinski definition) is 1. The van der Waals surface area contributed by atoms with Gasteiger partial charge in [-0.1, -0.05) is 42.8 Å². The third kappa shape index (κ3) is 5.31. The average Bonchev–Trinajstić information content (AvgIpc) is 3.02. The monoisotopic (exact) mass is 456 g/mol. The van der Waals surface area contributed by atoms with Gasteiger partial charge in [0.15, 0.2) is 0 Å². The van der Waals surface area contributed by atoms with Gasteiger partial charge in [0.05, 0.1) is 18.2 Å². The number of likely N-dealkylation sites (tertiary alicyclic amines) is 1. The Morgan fingerprint density at radius 3 is 2.53 bits per heavy atom. The van der Waals surface area contributed by atoms with Crippen molar-refractivity contribution in [3.05, 3.63) is 70.3 Å². The number of carbonyl (C=O) groups is 2. The molecule has 3 rings (SSSR count). The normalized spacial score (nSPS) is 17.9. The van der Waals surface area contributed by atoms with Crippen molar-refractivity contribution in [1.82, 2.24) is 9.80 Å². The number of halogens is 1. The molecule has 2 aromatic carbocycles. The molecule has 1 aliphatic rings. The minimum absolute atomic E-state index is 0.0785. The lowest BCUT2D eigenvalue weighted by Gasteiger charge is -2.26. The molecule has 170 valence electrons. The summed E-state index contributed by atoms with van der Waals surface area (Å²) in [4.78, 5) is 29.6. The molecule has 0 radical (unpaired) electrons. The van der Waals surface area contributed by atoms with Gasteiger partial charge in [-0.2, -0.15) is 0 Å². The van der Waals surface area contributed by atoms with E-state index in [1.54, 1.807) is 48.5 Å². The van der Waals surface area contributed by atoms with Crippen LogP contribution < -0.4 is 4.74 Å². The lowest BCUT2D eigenvalue weighted by molar-refractivity contribution is -0.139. The number of aliphatic hydroxyl groups is 1. The second-order valence-electron chi connectivity index (χ2n) is 8.08. The van der Waals surface area contributed by atoms with E-state index in [1.165, 1.54) is 4.90 Å². The molecule has 1 heterocycles. The molecule has 1 unspecified atom stereocenters. The van der Waals surface area contributed by atoms with Gasteiger partial charge in [0, 0.05) is 17.1 Å². The van der Waals surface area contributed by atoms with E-state index < -0.39 is 17.7 Å². The number of ketones is 1. The zero-order chi connectivity index (χ0) is 23.3. The van der Waals surface area contributed by atoms with Gasteiger partial charge in [-0.05, 0) is 63.3 Å². The van der Waals surface area contributed by atoms with Crippen LogP contribution in [-0.4, -0.2) is 60.4 Å². The van der Waals surface area contributed by atoms with Crippen LogP contribution in [0.25, 0.3) is 5.76 Å². The Hall–Kier alpha value is -2.83. The van der Waals surface area contributed by atoms with Gasteiger partial charge in [0.1, 0.15) is 11.5 Å². The molecule has 1 atom stereocenters. The number of amides is 1. The summed E-state index contributed by atoms with van der Waals surface area (Å²) in [5.74, 6) is -0.907. The van der Waals surface area contributed by atoms with Gasteiger partial charge in [-0.25, -0.2) is 0 Å². The third-order valence-corrected chi connectivity index (χ3v) is 5.56. The molecular weight excluding hydrogens is 428 g/mol. The smallest absolute Gasteiger partial charge is 0.295 e. The van der Waals surface area contributed by atoms with E-state index >= 15 is 0 Å². The lowest BCUT2D eigenvalue weighted by Crippen LogP contribution is -2.32. The zero-order valence-corrected chi connectivity index (χ0v) is 19.4. The summed E-state index contributed by atoms with van der Waals surface area (Å²) in [5, 5.41) is 11.7. The molecule has 1 aliphatic heterocycles. The summed E-state index contributed by atoms with van der Waals surface area (Å²) in [7, 11) is 3.91. The van der Waals surface area contributed by atoms with E-state index in [-0.39, 0.29) is 11.3 Å². The summed E-state index contributed by atoms with van der Waals surface area (Å²) < 4.78 is 5.66. The summed E-state index contributed by atoms with van der Waals surface area (Å²) in [6.45, 7) is 3.72. The van der Waals surface area contributed by atoms with Crippen molar-refractivity contribution in [2.45, 2.75) is 25.8 Å². The number of carbonyl (C=O) groups excluding carboxylic acids is 2. The third-order valence-electron chi connectivity index (χ3n) is 5.31. The molecule has 0 bridgehead atoms. The highest BCUT2D eigenvalue weighted by molar-refractivity contribution is 6.46. The first-order valence-electron chi connectivity index (χ1n) is 10.7. The van der Waals surface area contributed by atoms with E-state index in [2.05, 4.69) is 0 Å². The molecule has 6 nitrogen and oxygen atoms in total. The SMILES string of the molecule is CCCOc1cccc(/C(O)=C2\C(=O)C(=O)N(CCCN(C)C)C2c2ccc(Cl)cc2)c1. The standard InChI is InChI=1S/C25H29ClN2O4/c1-4-15-32-20-8-5-7-18(16-20)23(29)21-22(17-9-11-19(26)12-10-17)28(25(31)24(21)30)14-6-13-27(2)3/h5,7-12,16,22,29H,4,6,13-15H2,1-3H3/b23-21+. The fourth-order valence-corrected chi connectivity index (χ4v) is 3.89. The van der Waals surface area contributed by atoms with Gasteiger partial charge < -0.3 is 19.6 Å². The van der Waals surface area contributed by atoms with Gasteiger partial charge in [-0.15, -0.1) is 0 Å². The molecule has 0 aromatic heterocycles. The number of rotatable bonds is 9. The maximum atomic E-state index is 13.1. The van der Waals surface area contributed by atoms with E-state index in [0.717, 1.165) is 18.5 Å². The van der Waals surface area contributed by atoms with Crippen molar-refractivity contribution < 1.29 is 19.4 Å². The highest BCUT2D eigenvalue weighted by Crippen LogP contribution is 2.40. The molecule has 1 saturated heterocycles. The van der Waals surface area contributed by atoms with Crippen LogP contribution in [-0.2, 0) is 9.59 Å². The van der Waals surface area contributed by atoms with Crippen molar-refractivity contribution in [2.75, 3.05) is 33.8 Å². The minimum Gasteiger partial charge on any atom is -0.507 e.